The number of sulfonamides is 1. The number of aromatic nitrogens is 1. The summed E-state index contributed by atoms with van der Waals surface area (Å²) >= 11 is 0. The zero-order valence-corrected chi connectivity index (χ0v) is 13.1. The van der Waals surface area contributed by atoms with Gasteiger partial charge in [-0.3, -0.25) is 9.78 Å². The van der Waals surface area contributed by atoms with Crippen LogP contribution in [0.5, 0.6) is 0 Å². The van der Waals surface area contributed by atoms with Crippen LogP contribution < -0.4 is 0 Å². The van der Waals surface area contributed by atoms with Crippen molar-refractivity contribution < 1.29 is 18.3 Å². The van der Waals surface area contributed by atoms with Crippen LogP contribution in [0.2, 0.25) is 0 Å². The van der Waals surface area contributed by atoms with Crippen molar-refractivity contribution in [2.75, 3.05) is 6.54 Å². The second-order valence-corrected chi connectivity index (χ2v) is 7.26. The molecule has 3 rings (SSSR count). The van der Waals surface area contributed by atoms with Gasteiger partial charge in [0.15, 0.2) is 0 Å². The summed E-state index contributed by atoms with van der Waals surface area (Å²) in [5.74, 6) is -1.10. The Hall–Kier alpha value is -2.25. The lowest BCUT2D eigenvalue weighted by Crippen LogP contribution is -2.40. The molecule has 1 unspecified atom stereocenters. The van der Waals surface area contributed by atoms with Crippen LogP contribution in [0, 0.1) is 0 Å². The lowest BCUT2D eigenvalue weighted by Gasteiger charge is -2.21. The molecule has 0 radical (unpaired) electrons. The predicted molar refractivity (Wildman–Crippen MR) is 84.2 cm³/mol. The average Bonchev–Trinajstić information content (AvgIpc) is 3.07. The molecule has 0 saturated carbocycles. The highest BCUT2D eigenvalue weighted by Gasteiger charge is 2.39. The van der Waals surface area contributed by atoms with Gasteiger partial charge < -0.3 is 5.11 Å². The quantitative estimate of drug-likeness (QED) is 0.925. The summed E-state index contributed by atoms with van der Waals surface area (Å²) in [6.07, 6.45) is 4.25. The molecule has 0 bridgehead atoms. The van der Waals surface area contributed by atoms with Gasteiger partial charge in [0.2, 0.25) is 10.0 Å². The Morgan fingerprint density at radius 3 is 2.30 bits per heavy atom. The highest BCUT2D eigenvalue weighted by molar-refractivity contribution is 7.89. The van der Waals surface area contributed by atoms with E-state index in [2.05, 4.69) is 4.98 Å². The van der Waals surface area contributed by atoms with E-state index in [0.29, 0.717) is 12.8 Å². The van der Waals surface area contributed by atoms with E-state index >= 15 is 0 Å². The molecule has 1 saturated heterocycles. The minimum atomic E-state index is -3.79. The van der Waals surface area contributed by atoms with Gasteiger partial charge in [0.05, 0.1) is 4.90 Å². The fraction of sp³-hybridized carbons (Fsp3) is 0.250. The topological polar surface area (TPSA) is 87.6 Å². The van der Waals surface area contributed by atoms with Crippen molar-refractivity contribution in [2.45, 2.75) is 23.8 Å². The molecule has 1 N–H and O–H groups in total. The second-order valence-electron chi connectivity index (χ2n) is 5.37. The fourth-order valence-electron chi connectivity index (χ4n) is 2.77. The van der Waals surface area contributed by atoms with Crippen LogP contribution >= 0.6 is 0 Å². The van der Waals surface area contributed by atoms with E-state index in [1.807, 2.05) is 12.1 Å². The zero-order chi connectivity index (χ0) is 16.4. The molecular weight excluding hydrogens is 316 g/mol. The molecule has 23 heavy (non-hydrogen) atoms. The first-order valence-electron chi connectivity index (χ1n) is 7.25. The van der Waals surface area contributed by atoms with Gasteiger partial charge in [0.25, 0.3) is 0 Å². The lowest BCUT2D eigenvalue weighted by atomic mass is 10.1. The molecule has 120 valence electrons. The van der Waals surface area contributed by atoms with Crippen LogP contribution in [0.15, 0.2) is 53.7 Å². The van der Waals surface area contributed by atoms with E-state index in [4.69, 9.17) is 0 Å². The molecule has 2 heterocycles. The number of carbonyl (C=O) groups is 1. The van der Waals surface area contributed by atoms with Crippen molar-refractivity contribution >= 4 is 16.0 Å². The Morgan fingerprint density at radius 2 is 1.70 bits per heavy atom. The predicted octanol–water partition coefficient (Wildman–Crippen LogP) is 1.99. The molecule has 1 aromatic carbocycles. The van der Waals surface area contributed by atoms with Crippen LogP contribution in [0.4, 0.5) is 0 Å². The maximum Gasteiger partial charge on any atom is 0.322 e. The summed E-state index contributed by atoms with van der Waals surface area (Å²) < 4.78 is 26.4. The molecule has 0 amide bonds. The highest BCUT2D eigenvalue weighted by Crippen LogP contribution is 2.28. The first-order valence-corrected chi connectivity index (χ1v) is 8.69. The third kappa shape index (κ3) is 2.97. The van der Waals surface area contributed by atoms with Gasteiger partial charge in [0, 0.05) is 18.9 Å². The number of pyridine rings is 1. The Morgan fingerprint density at radius 1 is 1.09 bits per heavy atom. The molecule has 2 aromatic rings. The molecule has 0 spiro atoms. The molecular formula is C16H16N2O4S. The normalized spacial score (nSPS) is 18.9. The number of carboxylic acids is 1. The van der Waals surface area contributed by atoms with E-state index in [1.165, 1.54) is 12.1 Å². The monoisotopic (exact) mass is 332 g/mol. The zero-order valence-electron chi connectivity index (χ0n) is 12.3. The Balaban J connectivity index is 1.91. The molecule has 7 heteroatoms. The van der Waals surface area contributed by atoms with Gasteiger partial charge in [-0.15, -0.1) is 0 Å². The largest absolute Gasteiger partial charge is 0.480 e. The van der Waals surface area contributed by atoms with Gasteiger partial charge in [-0.05, 0) is 48.2 Å². The lowest BCUT2D eigenvalue weighted by molar-refractivity contribution is -0.140. The summed E-state index contributed by atoms with van der Waals surface area (Å²) in [5, 5.41) is 9.17. The number of nitrogens with zero attached hydrogens (tertiary/aromatic N) is 2. The van der Waals surface area contributed by atoms with Crippen molar-refractivity contribution in [3.8, 4) is 11.1 Å². The maximum absolute atomic E-state index is 12.6. The minimum absolute atomic E-state index is 0.114. The van der Waals surface area contributed by atoms with Crippen molar-refractivity contribution in [1.29, 1.82) is 0 Å². The average molecular weight is 332 g/mol. The number of aliphatic carboxylic acids is 1. The summed E-state index contributed by atoms with van der Waals surface area (Å²) in [6.45, 7) is 0.241. The van der Waals surface area contributed by atoms with Crippen LogP contribution in [-0.4, -0.2) is 41.4 Å². The van der Waals surface area contributed by atoms with Crippen LogP contribution in [0.1, 0.15) is 12.8 Å². The Kier molecular flexibility index (Phi) is 4.14. The Bertz CT molecular complexity index is 804. The minimum Gasteiger partial charge on any atom is -0.480 e. The maximum atomic E-state index is 12.6. The third-order valence-electron chi connectivity index (χ3n) is 3.96. The third-order valence-corrected chi connectivity index (χ3v) is 5.89. The summed E-state index contributed by atoms with van der Waals surface area (Å²) in [6, 6.07) is 9.17. The second kappa shape index (κ2) is 6.10. The van der Waals surface area contributed by atoms with E-state index in [9.17, 15) is 18.3 Å². The molecule has 1 fully saturated rings. The molecule has 1 aromatic heterocycles. The van der Waals surface area contributed by atoms with Gasteiger partial charge in [0.1, 0.15) is 6.04 Å². The summed E-state index contributed by atoms with van der Waals surface area (Å²) in [4.78, 5) is 15.3. The molecule has 1 atom stereocenters. The van der Waals surface area contributed by atoms with E-state index < -0.39 is 22.0 Å². The number of carboxylic acid groups (broad SMARTS) is 1. The number of rotatable bonds is 4. The summed E-state index contributed by atoms with van der Waals surface area (Å²) in [5.41, 5.74) is 1.82. The SMILES string of the molecule is O=C(O)C1CCCN1S(=O)(=O)c1ccc(-c2ccncc2)cc1. The smallest absolute Gasteiger partial charge is 0.322 e. The van der Waals surface area contributed by atoms with Crippen molar-refractivity contribution in [3.63, 3.8) is 0 Å². The fourth-order valence-corrected chi connectivity index (χ4v) is 4.42. The van der Waals surface area contributed by atoms with E-state index in [1.54, 1.807) is 24.5 Å². The van der Waals surface area contributed by atoms with Crippen LogP contribution in [0.3, 0.4) is 0 Å². The Labute approximate surface area is 134 Å². The number of hydrogen-bond donors (Lipinski definition) is 1. The van der Waals surface area contributed by atoms with E-state index in [-0.39, 0.29) is 11.4 Å². The summed E-state index contributed by atoms with van der Waals surface area (Å²) in [7, 11) is -3.79. The standard InChI is InChI=1S/C16H16N2O4S/c19-16(20)15-2-1-11-18(15)23(21,22)14-5-3-12(4-6-14)13-7-9-17-10-8-13/h3-10,15H,1-2,11H2,(H,19,20). The molecule has 1 aliphatic heterocycles. The van der Waals surface area contributed by atoms with Crippen LogP contribution in [0.25, 0.3) is 11.1 Å². The first-order chi connectivity index (χ1) is 11.0. The first kappa shape index (κ1) is 15.6. The molecule has 6 nitrogen and oxygen atoms in total. The number of hydrogen-bond acceptors (Lipinski definition) is 4. The van der Waals surface area contributed by atoms with Gasteiger partial charge in [-0.2, -0.15) is 4.31 Å². The van der Waals surface area contributed by atoms with Crippen molar-refractivity contribution in [3.05, 3.63) is 48.8 Å². The van der Waals surface area contributed by atoms with Gasteiger partial charge in [-0.1, -0.05) is 12.1 Å². The molecule has 0 aliphatic carbocycles. The van der Waals surface area contributed by atoms with Crippen LogP contribution in [-0.2, 0) is 14.8 Å². The van der Waals surface area contributed by atoms with Crippen molar-refractivity contribution in [2.24, 2.45) is 0 Å². The van der Waals surface area contributed by atoms with E-state index in [0.717, 1.165) is 15.4 Å². The number of benzene rings is 1. The van der Waals surface area contributed by atoms with Crippen molar-refractivity contribution in [1.82, 2.24) is 9.29 Å². The van der Waals surface area contributed by atoms with Gasteiger partial charge >= 0.3 is 5.97 Å². The molecule has 1 aliphatic rings. The highest BCUT2D eigenvalue weighted by atomic mass is 32.2. The van der Waals surface area contributed by atoms with Gasteiger partial charge in [-0.25, -0.2) is 8.42 Å².